The Kier molecular flexibility index (Phi) is 11.9. The van der Waals surface area contributed by atoms with Gasteiger partial charge < -0.3 is 29.0 Å². The molecule has 1 N–H and O–H groups in total. The van der Waals surface area contributed by atoms with Crippen LogP contribution in [0.3, 0.4) is 0 Å². The second-order valence-electron chi connectivity index (χ2n) is 9.12. The molecule has 0 bridgehead atoms. The molecule has 11 heteroatoms. The first kappa shape index (κ1) is 29.3. The van der Waals surface area contributed by atoms with Crippen molar-refractivity contribution in [1.29, 1.82) is 0 Å². The normalized spacial score (nSPS) is 22.6. The lowest BCUT2D eigenvalue weighted by atomic mass is 9.90. The Morgan fingerprint density at radius 3 is 2.69 bits per heavy atom. The van der Waals surface area contributed by atoms with Crippen molar-refractivity contribution < 1.29 is 42.5 Å². The zero-order chi connectivity index (χ0) is 26.7. The zero-order valence-electron chi connectivity index (χ0n) is 21.6. The van der Waals surface area contributed by atoms with Crippen molar-refractivity contribution in [1.82, 2.24) is 10.3 Å². The van der Waals surface area contributed by atoms with Gasteiger partial charge in [-0.15, -0.1) is 0 Å². The molecule has 10 nitrogen and oxygen atoms in total. The predicted molar refractivity (Wildman–Crippen MR) is 127 cm³/mol. The topological polar surface area (TPSA) is 122 Å². The van der Waals surface area contributed by atoms with Crippen LogP contribution in [0.4, 0.5) is 4.39 Å². The van der Waals surface area contributed by atoms with Crippen LogP contribution in [0.25, 0.3) is 0 Å². The van der Waals surface area contributed by atoms with Gasteiger partial charge in [-0.3, -0.25) is 14.0 Å². The fraction of sp³-hybridized carbons (Fsp3) is 0.680. The van der Waals surface area contributed by atoms with Crippen molar-refractivity contribution >= 4 is 17.8 Å². The molecule has 0 aromatic carbocycles. The van der Waals surface area contributed by atoms with E-state index in [0.717, 1.165) is 0 Å². The first-order chi connectivity index (χ1) is 17.2. The van der Waals surface area contributed by atoms with Crippen molar-refractivity contribution in [3.63, 3.8) is 0 Å². The monoisotopic (exact) mass is 512 g/mol. The number of pyridine rings is 1. The average molecular weight is 513 g/mol. The molecule has 1 aliphatic rings. The Morgan fingerprint density at radius 1 is 1.31 bits per heavy atom. The minimum Gasteiger partial charge on any atom is -0.493 e. The minimum absolute atomic E-state index is 0.0336. The lowest BCUT2D eigenvalue weighted by Crippen LogP contribution is -2.44. The summed E-state index contributed by atoms with van der Waals surface area (Å²) in [7, 11) is 1.39. The second kappa shape index (κ2) is 14.6. The highest BCUT2D eigenvalue weighted by atomic mass is 19.1. The quantitative estimate of drug-likeness (QED) is 0.352. The van der Waals surface area contributed by atoms with E-state index in [4.69, 9.17) is 23.7 Å². The lowest BCUT2D eigenvalue weighted by molar-refractivity contribution is -0.161. The number of aromatic nitrogens is 1. The van der Waals surface area contributed by atoms with Crippen molar-refractivity contribution in [2.75, 3.05) is 27.2 Å². The molecule has 0 unspecified atom stereocenters. The number of amides is 1. The average Bonchev–Trinajstić information content (AvgIpc) is 2.87. The number of esters is 2. The maximum Gasteiger partial charge on any atom is 0.329 e. The molecule has 36 heavy (non-hydrogen) atoms. The highest BCUT2D eigenvalue weighted by molar-refractivity contribution is 5.98. The van der Waals surface area contributed by atoms with Gasteiger partial charge in [-0.05, 0) is 38.0 Å². The maximum atomic E-state index is 13.3. The Labute approximate surface area is 211 Å². The summed E-state index contributed by atoms with van der Waals surface area (Å²) in [4.78, 5) is 41.3. The number of alkyl halides is 1. The number of ether oxygens (including phenoxy) is 5. The van der Waals surface area contributed by atoms with E-state index in [1.807, 2.05) is 13.8 Å². The molecule has 0 aliphatic carbocycles. The van der Waals surface area contributed by atoms with Gasteiger partial charge in [0.15, 0.2) is 17.2 Å². The molecule has 0 spiro atoms. The van der Waals surface area contributed by atoms with Crippen molar-refractivity contribution in [2.45, 2.75) is 71.6 Å². The van der Waals surface area contributed by atoms with Crippen LogP contribution in [0.1, 0.15) is 63.9 Å². The number of nitrogens with one attached hydrogen (secondary N) is 1. The number of hydrogen-bond donors (Lipinski definition) is 1. The molecule has 4 atom stereocenters. The Morgan fingerprint density at radius 2 is 2.06 bits per heavy atom. The molecule has 1 aromatic heterocycles. The molecule has 0 radical (unpaired) electrons. The summed E-state index contributed by atoms with van der Waals surface area (Å²) in [5.41, 5.74) is -0.143. The van der Waals surface area contributed by atoms with Crippen molar-refractivity contribution in [3.8, 4) is 11.5 Å². The van der Waals surface area contributed by atoms with Crippen LogP contribution in [0.15, 0.2) is 12.3 Å². The summed E-state index contributed by atoms with van der Waals surface area (Å²) in [5.74, 6) is -1.54. The van der Waals surface area contributed by atoms with E-state index in [-0.39, 0.29) is 29.0 Å². The first-order valence-corrected chi connectivity index (χ1v) is 12.2. The van der Waals surface area contributed by atoms with Gasteiger partial charge >= 0.3 is 11.9 Å². The summed E-state index contributed by atoms with van der Waals surface area (Å²) in [6.07, 6.45) is 2.07. The van der Waals surface area contributed by atoms with Gasteiger partial charge in [0.05, 0.1) is 19.9 Å². The van der Waals surface area contributed by atoms with Crippen LogP contribution in [0.5, 0.6) is 11.5 Å². The fourth-order valence-electron chi connectivity index (χ4n) is 4.03. The lowest BCUT2D eigenvalue weighted by Gasteiger charge is -2.31. The zero-order valence-corrected chi connectivity index (χ0v) is 21.6. The standard InChI is InChI=1S/C25H37FN2O8/c1-15(2)13-33-22-16(3)36-25(31)19(8-6-7-18(22)9-11-26)28-24(30)21-23(35-14-34-17(4)29)20(32-5)10-12-27-21/h10,12,15-16,18-19,22H,6-9,11,13-14H2,1-5H3,(H,28,30)/t16-,18+,19-,22-/m0/s1. The van der Waals surface area contributed by atoms with E-state index in [2.05, 4.69) is 10.3 Å². The van der Waals surface area contributed by atoms with Crippen molar-refractivity contribution in [3.05, 3.63) is 18.0 Å². The fourth-order valence-corrected chi connectivity index (χ4v) is 4.03. The van der Waals surface area contributed by atoms with E-state index in [0.29, 0.717) is 32.3 Å². The van der Waals surface area contributed by atoms with Gasteiger partial charge in [0.1, 0.15) is 12.1 Å². The number of rotatable bonds is 11. The van der Waals surface area contributed by atoms with Crippen LogP contribution in [0, 0.1) is 11.8 Å². The Hall–Kier alpha value is -2.95. The second-order valence-corrected chi connectivity index (χ2v) is 9.12. The Bertz CT molecular complexity index is 882. The highest BCUT2D eigenvalue weighted by Crippen LogP contribution is 2.30. The third kappa shape index (κ3) is 8.61. The van der Waals surface area contributed by atoms with Crippen LogP contribution >= 0.6 is 0 Å². The SMILES string of the molecule is COc1ccnc(C(=O)N[C@H]2CCC[C@H](CCF)[C@@H](OCC(C)C)[C@H](C)OC2=O)c1OCOC(C)=O. The molecule has 2 heterocycles. The van der Waals surface area contributed by atoms with Crippen LogP contribution in [-0.2, 0) is 23.8 Å². The van der Waals surface area contributed by atoms with Gasteiger partial charge in [0.2, 0.25) is 6.79 Å². The largest absolute Gasteiger partial charge is 0.493 e. The number of methoxy groups -OCH3 is 1. The van der Waals surface area contributed by atoms with Crippen LogP contribution < -0.4 is 14.8 Å². The molecule has 0 saturated carbocycles. The van der Waals surface area contributed by atoms with E-state index in [1.54, 1.807) is 6.92 Å². The van der Waals surface area contributed by atoms with Gasteiger partial charge in [0, 0.05) is 25.8 Å². The van der Waals surface area contributed by atoms with E-state index < -0.39 is 49.6 Å². The van der Waals surface area contributed by atoms with Crippen LogP contribution in [0.2, 0.25) is 0 Å². The van der Waals surface area contributed by atoms with Gasteiger partial charge in [-0.2, -0.15) is 0 Å². The number of carbonyl (C=O) groups excluding carboxylic acids is 3. The predicted octanol–water partition coefficient (Wildman–Crippen LogP) is 3.22. The summed E-state index contributed by atoms with van der Waals surface area (Å²) in [6, 6.07) is 0.530. The third-order valence-electron chi connectivity index (χ3n) is 5.76. The summed E-state index contributed by atoms with van der Waals surface area (Å²) < 4.78 is 40.4. The molecule has 1 aliphatic heterocycles. The van der Waals surface area contributed by atoms with E-state index >= 15 is 0 Å². The summed E-state index contributed by atoms with van der Waals surface area (Å²) in [5, 5.41) is 2.67. The highest BCUT2D eigenvalue weighted by Gasteiger charge is 2.35. The van der Waals surface area contributed by atoms with Gasteiger partial charge in [-0.1, -0.05) is 20.3 Å². The molecule has 202 valence electrons. The Balaban J connectivity index is 2.20. The molecular formula is C25H37FN2O8. The number of halogens is 1. The summed E-state index contributed by atoms with van der Waals surface area (Å²) >= 11 is 0. The molecular weight excluding hydrogens is 475 g/mol. The number of nitrogens with zero attached hydrogens (tertiary/aromatic N) is 1. The molecule has 1 fully saturated rings. The minimum atomic E-state index is -0.954. The third-order valence-corrected chi connectivity index (χ3v) is 5.76. The molecule has 1 saturated heterocycles. The smallest absolute Gasteiger partial charge is 0.329 e. The molecule has 2 rings (SSSR count). The number of carbonyl (C=O) groups is 3. The first-order valence-electron chi connectivity index (χ1n) is 12.2. The van der Waals surface area contributed by atoms with E-state index in [1.165, 1.54) is 26.3 Å². The number of hydrogen-bond acceptors (Lipinski definition) is 9. The van der Waals surface area contributed by atoms with Gasteiger partial charge in [-0.25, -0.2) is 9.78 Å². The van der Waals surface area contributed by atoms with Crippen LogP contribution in [-0.4, -0.2) is 68.3 Å². The van der Waals surface area contributed by atoms with E-state index in [9.17, 15) is 18.8 Å². The van der Waals surface area contributed by atoms with Gasteiger partial charge in [0.25, 0.3) is 5.91 Å². The summed E-state index contributed by atoms with van der Waals surface area (Å²) in [6.45, 7) is 6.49. The van der Waals surface area contributed by atoms with Crippen molar-refractivity contribution in [2.24, 2.45) is 11.8 Å². The maximum absolute atomic E-state index is 13.3. The molecule has 1 aromatic rings. The molecule has 1 amide bonds. The number of cyclic esters (lactones) is 1.